The molecule has 1 heterocycles. The molecule has 6 heteroatoms. The molecular formula is C20H21ClN2O3. The SMILES string of the molecule is CC1(C)Oc2cccc(NC(=O)CCCc3ccc(Cl)cc3)c2NC1=O. The lowest BCUT2D eigenvalue weighted by molar-refractivity contribution is -0.129. The van der Waals surface area contributed by atoms with E-state index in [-0.39, 0.29) is 11.8 Å². The lowest BCUT2D eigenvalue weighted by Crippen LogP contribution is -2.45. The zero-order valence-corrected chi connectivity index (χ0v) is 15.5. The second-order valence-electron chi connectivity index (χ2n) is 6.77. The first-order valence-electron chi connectivity index (χ1n) is 8.53. The number of anilines is 2. The van der Waals surface area contributed by atoms with Crippen molar-refractivity contribution in [2.24, 2.45) is 0 Å². The van der Waals surface area contributed by atoms with Gasteiger partial charge in [-0.25, -0.2) is 0 Å². The highest BCUT2D eigenvalue weighted by Gasteiger charge is 2.36. The van der Waals surface area contributed by atoms with Crippen LogP contribution in [0.2, 0.25) is 5.02 Å². The Morgan fingerprint density at radius 1 is 1.19 bits per heavy atom. The number of aryl methyl sites for hydroxylation is 1. The molecule has 2 amide bonds. The number of fused-ring (bicyclic) bond motifs is 1. The predicted molar refractivity (Wildman–Crippen MR) is 103 cm³/mol. The highest BCUT2D eigenvalue weighted by molar-refractivity contribution is 6.30. The summed E-state index contributed by atoms with van der Waals surface area (Å²) in [6.45, 7) is 3.40. The summed E-state index contributed by atoms with van der Waals surface area (Å²) in [4.78, 5) is 24.4. The van der Waals surface area contributed by atoms with E-state index < -0.39 is 5.60 Å². The topological polar surface area (TPSA) is 67.4 Å². The van der Waals surface area contributed by atoms with Gasteiger partial charge < -0.3 is 15.4 Å². The van der Waals surface area contributed by atoms with Crippen LogP contribution in [0.5, 0.6) is 5.75 Å². The van der Waals surface area contributed by atoms with Gasteiger partial charge in [-0.05, 0) is 56.5 Å². The molecule has 1 aliphatic heterocycles. The van der Waals surface area contributed by atoms with E-state index in [1.807, 2.05) is 24.3 Å². The minimum atomic E-state index is -0.936. The third-order valence-corrected chi connectivity index (χ3v) is 4.49. The summed E-state index contributed by atoms with van der Waals surface area (Å²) in [5, 5.41) is 6.38. The van der Waals surface area contributed by atoms with Gasteiger partial charge in [0.25, 0.3) is 5.91 Å². The van der Waals surface area contributed by atoms with Crippen molar-refractivity contribution in [2.75, 3.05) is 10.6 Å². The summed E-state index contributed by atoms with van der Waals surface area (Å²) >= 11 is 5.87. The van der Waals surface area contributed by atoms with Crippen LogP contribution in [0.1, 0.15) is 32.3 Å². The smallest absolute Gasteiger partial charge is 0.268 e. The third kappa shape index (κ3) is 4.17. The first-order valence-corrected chi connectivity index (χ1v) is 8.91. The number of carbonyl (C=O) groups excluding carboxylic acids is 2. The standard InChI is InChI=1S/C20H21ClN2O3/c1-20(2)19(25)23-18-15(6-4-7-16(18)26-20)22-17(24)8-3-5-13-9-11-14(21)12-10-13/h4,6-7,9-12H,3,5,8H2,1-2H3,(H,22,24)(H,23,25). The molecule has 26 heavy (non-hydrogen) atoms. The molecule has 0 aromatic heterocycles. The Bertz CT molecular complexity index is 831. The van der Waals surface area contributed by atoms with Crippen LogP contribution in [-0.2, 0) is 16.0 Å². The molecule has 0 bridgehead atoms. The maximum atomic E-state index is 12.3. The molecule has 0 atom stereocenters. The molecule has 0 saturated heterocycles. The van der Waals surface area contributed by atoms with Crippen molar-refractivity contribution >= 4 is 34.8 Å². The Labute approximate surface area is 157 Å². The Morgan fingerprint density at radius 3 is 2.65 bits per heavy atom. The molecule has 0 unspecified atom stereocenters. The van der Waals surface area contributed by atoms with E-state index in [2.05, 4.69) is 10.6 Å². The number of benzene rings is 2. The van der Waals surface area contributed by atoms with Gasteiger partial charge in [-0.3, -0.25) is 9.59 Å². The van der Waals surface area contributed by atoms with Crippen LogP contribution < -0.4 is 15.4 Å². The molecule has 1 aliphatic rings. The Morgan fingerprint density at radius 2 is 1.92 bits per heavy atom. The highest BCUT2D eigenvalue weighted by atomic mass is 35.5. The van der Waals surface area contributed by atoms with Crippen molar-refractivity contribution in [2.45, 2.75) is 38.7 Å². The number of ether oxygens (including phenoxy) is 1. The fourth-order valence-corrected chi connectivity index (χ4v) is 2.88. The quantitative estimate of drug-likeness (QED) is 0.816. The minimum absolute atomic E-state index is 0.105. The highest BCUT2D eigenvalue weighted by Crippen LogP contribution is 2.38. The van der Waals surface area contributed by atoms with E-state index in [4.69, 9.17) is 16.3 Å². The van der Waals surface area contributed by atoms with Crippen LogP contribution in [0, 0.1) is 0 Å². The largest absolute Gasteiger partial charge is 0.476 e. The molecule has 136 valence electrons. The zero-order chi connectivity index (χ0) is 18.7. The van der Waals surface area contributed by atoms with Crippen molar-refractivity contribution in [3.8, 4) is 5.75 Å². The van der Waals surface area contributed by atoms with Crippen LogP contribution in [0.25, 0.3) is 0 Å². The molecule has 5 nitrogen and oxygen atoms in total. The Hall–Kier alpha value is -2.53. The van der Waals surface area contributed by atoms with Gasteiger partial charge >= 0.3 is 0 Å². The molecule has 0 fully saturated rings. The van der Waals surface area contributed by atoms with Crippen molar-refractivity contribution in [3.05, 3.63) is 53.1 Å². The summed E-state index contributed by atoms with van der Waals surface area (Å²) in [5.74, 6) is 0.203. The molecule has 0 saturated carbocycles. The predicted octanol–water partition coefficient (Wildman–Crippen LogP) is 4.41. The van der Waals surface area contributed by atoms with Gasteiger partial charge in [-0.2, -0.15) is 0 Å². The number of halogens is 1. The molecule has 0 radical (unpaired) electrons. The van der Waals surface area contributed by atoms with Crippen molar-refractivity contribution < 1.29 is 14.3 Å². The van der Waals surface area contributed by atoms with Gasteiger partial charge in [-0.15, -0.1) is 0 Å². The van der Waals surface area contributed by atoms with Crippen LogP contribution in [0.3, 0.4) is 0 Å². The molecule has 3 rings (SSSR count). The summed E-state index contributed by atoms with van der Waals surface area (Å²) in [7, 11) is 0. The van der Waals surface area contributed by atoms with Gasteiger partial charge in [-0.1, -0.05) is 29.8 Å². The average Bonchev–Trinajstić information content (AvgIpc) is 2.58. The van der Waals surface area contributed by atoms with Crippen molar-refractivity contribution in [3.63, 3.8) is 0 Å². The summed E-state index contributed by atoms with van der Waals surface area (Å²) in [6, 6.07) is 12.9. The Kier molecular flexibility index (Phi) is 5.18. The molecule has 2 aromatic rings. The third-order valence-electron chi connectivity index (χ3n) is 4.23. The van der Waals surface area contributed by atoms with E-state index >= 15 is 0 Å². The second-order valence-corrected chi connectivity index (χ2v) is 7.21. The first kappa shape index (κ1) is 18.3. The van der Waals surface area contributed by atoms with Crippen LogP contribution in [0.4, 0.5) is 11.4 Å². The number of hydrogen-bond acceptors (Lipinski definition) is 3. The van der Waals surface area contributed by atoms with Gasteiger partial charge in [0.2, 0.25) is 5.91 Å². The van der Waals surface area contributed by atoms with E-state index in [1.165, 1.54) is 0 Å². The average molecular weight is 373 g/mol. The zero-order valence-electron chi connectivity index (χ0n) is 14.8. The fourth-order valence-electron chi connectivity index (χ4n) is 2.75. The van der Waals surface area contributed by atoms with Crippen molar-refractivity contribution in [1.82, 2.24) is 0 Å². The number of hydrogen-bond donors (Lipinski definition) is 2. The molecule has 2 aromatic carbocycles. The molecular weight excluding hydrogens is 352 g/mol. The van der Waals surface area contributed by atoms with Gasteiger partial charge in [0.1, 0.15) is 11.4 Å². The van der Waals surface area contributed by atoms with E-state index in [9.17, 15) is 9.59 Å². The normalized spacial score (nSPS) is 14.8. The van der Waals surface area contributed by atoms with E-state index in [0.717, 1.165) is 18.4 Å². The number of amides is 2. The van der Waals surface area contributed by atoms with Crippen LogP contribution in [-0.4, -0.2) is 17.4 Å². The van der Waals surface area contributed by atoms with Gasteiger partial charge in [0.05, 0.1) is 5.69 Å². The first-order chi connectivity index (χ1) is 12.3. The summed E-state index contributed by atoms with van der Waals surface area (Å²) < 4.78 is 5.73. The van der Waals surface area contributed by atoms with Gasteiger partial charge in [0, 0.05) is 11.4 Å². The summed E-state index contributed by atoms with van der Waals surface area (Å²) in [5.41, 5.74) is 1.25. The maximum absolute atomic E-state index is 12.3. The van der Waals surface area contributed by atoms with Crippen LogP contribution >= 0.6 is 11.6 Å². The number of para-hydroxylation sites is 1. The van der Waals surface area contributed by atoms with Gasteiger partial charge in [0.15, 0.2) is 5.60 Å². The van der Waals surface area contributed by atoms with E-state index in [0.29, 0.717) is 28.6 Å². The molecule has 0 spiro atoms. The maximum Gasteiger partial charge on any atom is 0.268 e. The second kappa shape index (κ2) is 7.38. The fraction of sp³-hybridized carbons (Fsp3) is 0.300. The molecule has 0 aliphatic carbocycles. The lowest BCUT2D eigenvalue weighted by atomic mass is 10.1. The molecule has 2 N–H and O–H groups in total. The Balaban J connectivity index is 1.60. The number of rotatable bonds is 5. The van der Waals surface area contributed by atoms with Crippen molar-refractivity contribution in [1.29, 1.82) is 0 Å². The monoisotopic (exact) mass is 372 g/mol. The number of nitrogens with one attached hydrogen (secondary N) is 2. The van der Waals surface area contributed by atoms with Crippen LogP contribution in [0.15, 0.2) is 42.5 Å². The van der Waals surface area contributed by atoms with E-state index in [1.54, 1.807) is 32.0 Å². The number of carbonyl (C=O) groups is 2. The minimum Gasteiger partial charge on any atom is -0.476 e. The lowest BCUT2D eigenvalue weighted by Gasteiger charge is -2.32. The summed E-state index contributed by atoms with van der Waals surface area (Å²) in [6.07, 6.45) is 1.90.